The van der Waals surface area contributed by atoms with Crippen LogP contribution in [0, 0.1) is 29.1 Å². The predicted molar refractivity (Wildman–Crippen MR) is 56.2 cm³/mol. The van der Waals surface area contributed by atoms with Gasteiger partial charge in [-0.1, -0.05) is 13.8 Å². The van der Waals surface area contributed by atoms with Gasteiger partial charge in [0.1, 0.15) is 6.17 Å². The number of rotatable bonds is 4. The van der Waals surface area contributed by atoms with E-state index in [-0.39, 0.29) is 17.9 Å². The lowest BCUT2D eigenvalue weighted by molar-refractivity contribution is 0.000721. The van der Waals surface area contributed by atoms with Crippen molar-refractivity contribution < 1.29 is 14.2 Å². The van der Waals surface area contributed by atoms with Crippen molar-refractivity contribution in [2.75, 3.05) is 20.3 Å². The van der Waals surface area contributed by atoms with Crippen LogP contribution in [0.5, 0.6) is 0 Å². The van der Waals surface area contributed by atoms with E-state index in [1.54, 1.807) is 7.11 Å². The SMILES string of the molecule is COC[C@@]1(C)[C@H](C2[C@@H](CO)C[C@H]2C)[C@@H]1F. The van der Waals surface area contributed by atoms with E-state index < -0.39 is 6.17 Å². The Morgan fingerprint density at radius 2 is 2.20 bits per heavy atom. The number of ether oxygens (including phenoxy) is 1. The molecule has 2 saturated carbocycles. The number of methoxy groups -OCH3 is 1. The van der Waals surface area contributed by atoms with Gasteiger partial charge in [-0.2, -0.15) is 0 Å². The first-order valence-corrected chi connectivity index (χ1v) is 5.80. The summed E-state index contributed by atoms with van der Waals surface area (Å²) in [6.07, 6.45) is 0.312. The highest BCUT2D eigenvalue weighted by Gasteiger charge is 2.68. The molecule has 0 saturated heterocycles. The first-order chi connectivity index (χ1) is 7.06. The molecule has 0 aromatic carbocycles. The van der Waals surface area contributed by atoms with Gasteiger partial charge in [0.2, 0.25) is 0 Å². The van der Waals surface area contributed by atoms with Gasteiger partial charge < -0.3 is 9.84 Å². The predicted octanol–water partition coefficient (Wildman–Crippen LogP) is 1.87. The van der Waals surface area contributed by atoms with E-state index in [1.807, 2.05) is 6.92 Å². The molecule has 0 spiro atoms. The zero-order chi connectivity index (χ0) is 11.2. The van der Waals surface area contributed by atoms with Crippen molar-refractivity contribution >= 4 is 0 Å². The van der Waals surface area contributed by atoms with E-state index in [9.17, 15) is 9.50 Å². The third kappa shape index (κ3) is 1.51. The highest BCUT2D eigenvalue weighted by molar-refractivity contribution is 5.15. The molecule has 0 heterocycles. The summed E-state index contributed by atoms with van der Waals surface area (Å²) in [7, 11) is 1.63. The lowest BCUT2D eigenvalue weighted by Gasteiger charge is -2.43. The van der Waals surface area contributed by atoms with E-state index in [1.165, 1.54) is 0 Å². The largest absolute Gasteiger partial charge is 0.396 e. The summed E-state index contributed by atoms with van der Waals surface area (Å²) in [5.74, 6) is 1.36. The van der Waals surface area contributed by atoms with Crippen molar-refractivity contribution in [3.05, 3.63) is 0 Å². The summed E-state index contributed by atoms with van der Waals surface area (Å²) in [6.45, 7) is 4.84. The van der Waals surface area contributed by atoms with Gasteiger partial charge in [-0.3, -0.25) is 0 Å². The van der Waals surface area contributed by atoms with Crippen LogP contribution in [0.2, 0.25) is 0 Å². The second-order valence-electron chi connectivity index (χ2n) is 5.60. The van der Waals surface area contributed by atoms with Crippen LogP contribution in [0.1, 0.15) is 20.3 Å². The maximum Gasteiger partial charge on any atom is 0.112 e. The summed E-state index contributed by atoms with van der Waals surface area (Å²) < 4.78 is 18.9. The van der Waals surface area contributed by atoms with Crippen molar-refractivity contribution in [2.45, 2.75) is 26.4 Å². The van der Waals surface area contributed by atoms with Crippen LogP contribution in [-0.4, -0.2) is 31.6 Å². The smallest absolute Gasteiger partial charge is 0.112 e. The van der Waals surface area contributed by atoms with E-state index in [2.05, 4.69) is 6.92 Å². The van der Waals surface area contributed by atoms with Crippen LogP contribution in [0.25, 0.3) is 0 Å². The Balaban J connectivity index is 2.01. The Hall–Kier alpha value is -0.150. The van der Waals surface area contributed by atoms with Crippen LogP contribution in [-0.2, 0) is 4.74 Å². The molecule has 1 N–H and O–H groups in total. The van der Waals surface area contributed by atoms with E-state index >= 15 is 0 Å². The standard InChI is InChI=1S/C12H21FO2/c1-7-4-8(5-14)9(7)10-11(13)12(10,2)6-15-3/h7-11,14H,4-6H2,1-3H3/t7-,8-,9?,10-,11+,12+/m1/s1. The van der Waals surface area contributed by atoms with Gasteiger partial charge >= 0.3 is 0 Å². The molecule has 15 heavy (non-hydrogen) atoms. The molecular weight excluding hydrogens is 195 g/mol. The normalized spacial score (nSPS) is 53.8. The molecule has 0 aromatic rings. The molecule has 0 amide bonds. The zero-order valence-corrected chi connectivity index (χ0v) is 9.74. The Labute approximate surface area is 90.8 Å². The van der Waals surface area contributed by atoms with Crippen molar-refractivity contribution in [3.63, 3.8) is 0 Å². The summed E-state index contributed by atoms with van der Waals surface area (Å²) in [5.41, 5.74) is -0.290. The summed E-state index contributed by atoms with van der Waals surface area (Å²) in [6, 6.07) is 0. The fraction of sp³-hybridized carbons (Fsp3) is 1.00. The molecule has 0 radical (unpaired) electrons. The minimum atomic E-state index is -0.737. The third-order valence-electron chi connectivity index (χ3n) is 4.58. The maximum absolute atomic E-state index is 13.8. The number of halogens is 1. The van der Waals surface area contributed by atoms with Gasteiger partial charge in [0, 0.05) is 25.0 Å². The Kier molecular flexibility index (Phi) is 2.80. The van der Waals surface area contributed by atoms with Crippen molar-refractivity contribution in [1.29, 1.82) is 0 Å². The topological polar surface area (TPSA) is 29.5 Å². The first kappa shape index (κ1) is 11.3. The van der Waals surface area contributed by atoms with Gasteiger partial charge in [-0.25, -0.2) is 4.39 Å². The highest BCUT2D eigenvalue weighted by Crippen LogP contribution is 2.65. The molecule has 1 unspecified atom stereocenters. The summed E-state index contributed by atoms with van der Waals surface area (Å²) >= 11 is 0. The maximum atomic E-state index is 13.8. The monoisotopic (exact) mass is 216 g/mol. The second kappa shape index (κ2) is 3.70. The van der Waals surface area contributed by atoms with E-state index in [0.29, 0.717) is 24.4 Å². The van der Waals surface area contributed by atoms with Gasteiger partial charge in [-0.05, 0) is 24.2 Å². The lowest BCUT2D eigenvalue weighted by atomic mass is 9.62. The fourth-order valence-corrected chi connectivity index (χ4v) is 3.57. The van der Waals surface area contributed by atoms with Crippen molar-refractivity contribution in [3.8, 4) is 0 Å². The average Bonchev–Trinajstić information content (AvgIpc) is 2.67. The van der Waals surface area contributed by atoms with Crippen LogP contribution in [0.4, 0.5) is 4.39 Å². The number of hydrogen-bond acceptors (Lipinski definition) is 2. The minimum absolute atomic E-state index is 0.110. The van der Waals surface area contributed by atoms with E-state index in [4.69, 9.17) is 4.74 Å². The number of aliphatic hydroxyl groups excluding tert-OH is 1. The molecule has 88 valence electrons. The van der Waals surface area contributed by atoms with Crippen LogP contribution >= 0.6 is 0 Å². The number of alkyl halides is 1. The molecule has 0 aromatic heterocycles. The summed E-state index contributed by atoms with van der Waals surface area (Å²) in [5, 5.41) is 9.18. The Morgan fingerprint density at radius 1 is 1.53 bits per heavy atom. The molecule has 6 atom stereocenters. The highest BCUT2D eigenvalue weighted by atomic mass is 19.1. The van der Waals surface area contributed by atoms with Gasteiger partial charge in [-0.15, -0.1) is 0 Å². The molecule has 2 aliphatic carbocycles. The van der Waals surface area contributed by atoms with Crippen molar-refractivity contribution in [2.24, 2.45) is 29.1 Å². The number of hydrogen-bond donors (Lipinski definition) is 1. The van der Waals surface area contributed by atoms with Gasteiger partial charge in [0.25, 0.3) is 0 Å². The van der Waals surface area contributed by atoms with Gasteiger partial charge in [0.15, 0.2) is 0 Å². The molecule has 2 fully saturated rings. The summed E-state index contributed by atoms with van der Waals surface area (Å²) in [4.78, 5) is 0. The fourth-order valence-electron chi connectivity index (χ4n) is 3.57. The molecule has 2 aliphatic rings. The van der Waals surface area contributed by atoms with Crippen molar-refractivity contribution in [1.82, 2.24) is 0 Å². The molecule has 2 rings (SSSR count). The molecule has 3 heteroatoms. The van der Waals surface area contributed by atoms with Crippen LogP contribution in [0.15, 0.2) is 0 Å². The minimum Gasteiger partial charge on any atom is -0.396 e. The van der Waals surface area contributed by atoms with E-state index in [0.717, 1.165) is 6.42 Å². The molecular formula is C12H21FO2. The Morgan fingerprint density at radius 3 is 2.67 bits per heavy atom. The molecule has 0 bridgehead atoms. The average molecular weight is 216 g/mol. The zero-order valence-electron chi connectivity index (χ0n) is 9.74. The second-order valence-corrected chi connectivity index (χ2v) is 5.60. The number of aliphatic hydroxyl groups is 1. The van der Waals surface area contributed by atoms with Crippen LogP contribution < -0.4 is 0 Å². The molecule has 0 aliphatic heterocycles. The quantitative estimate of drug-likeness (QED) is 0.777. The first-order valence-electron chi connectivity index (χ1n) is 5.80. The Bertz CT molecular complexity index is 246. The lowest BCUT2D eigenvalue weighted by Crippen LogP contribution is -2.40. The van der Waals surface area contributed by atoms with Gasteiger partial charge in [0.05, 0.1) is 6.61 Å². The third-order valence-corrected chi connectivity index (χ3v) is 4.58. The molecule has 2 nitrogen and oxygen atoms in total. The van der Waals surface area contributed by atoms with Crippen LogP contribution in [0.3, 0.4) is 0 Å².